The fourth-order valence-corrected chi connectivity index (χ4v) is 2.50. The summed E-state index contributed by atoms with van der Waals surface area (Å²) in [5.41, 5.74) is 3.00. The maximum absolute atomic E-state index is 2.36. The highest BCUT2D eigenvalue weighted by molar-refractivity contribution is 5.96. The number of hydrogen-bond donors (Lipinski definition) is 0. The van der Waals surface area contributed by atoms with Gasteiger partial charge in [0.1, 0.15) is 0 Å². The molecule has 0 unspecified atom stereocenters. The number of benzene rings is 2. The van der Waals surface area contributed by atoms with E-state index in [0.29, 0.717) is 5.41 Å². The van der Waals surface area contributed by atoms with Gasteiger partial charge < -0.3 is 0 Å². The topological polar surface area (TPSA) is 0 Å². The van der Waals surface area contributed by atoms with Crippen LogP contribution in [0.3, 0.4) is 0 Å². The van der Waals surface area contributed by atoms with Gasteiger partial charge in [0.15, 0.2) is 0 Å². The SMILES string of the molecule is CC1(C)C=CC(c2cccc3ccccc23)=CC1. The van der Waals surface area contributed by atoms with Crippen LogP contribution in [-0.2, 0) is 0 Å². The minimum Gasteiger partial charge on any atom is -0.0779 e. The molecule has 0 heteroatoms. The lowest BCUT2D eigenvalue weighted by Gasteiger charge is -2.23. The second-order valence-corrected chi connectivity index (χ2v) is 5.71. The maximum Gasteiger partial charge on any atom is -0.0106 e. The highest BCUT2D eigenvalue weighted by Gasteiger charge is 2.17. The monoisotopic (exact) mass is 234 g/mol. The zero-order valence-corrected chi connectivity index (χ0v) is 11.0. The molecule has 0 amide bonds. The molecule has 18 heavy (non-hydrogen) atoms. The summed E-state index contributed by atoms with van der Waals surface area (Å²) < 4.78 is 0. The van der Waals surface area contributed by atoms with Crippen LogP contribution in [0.5, 0.6) is 0 Å². The molecule has 0 radical (unpaired) electrons. The van der Waals surface area contributed by atoms with Crippen LogP contribution >= 0.6 is 0 Å². The third-order valence-electron chi connectivity index (χ3n) is 3.66. The number of rotatable bonds is 1. The van der Waals surface area contributed by atoms with Crippen LogP contribution in [0.1, 0.15) is 25.8 Å². The van der Waals surface area contributed by atoms with Crippen molar-refractivity contribution in [1.29, 1.82) is 0 Å². The average molecular weight is 234 g/mol. The lowest BCUT2D eigenvalue weighted by atomic mass is 9.82. The van der Waals surface area contributed by atoms with Gasteiger partial charge in [0.05, 0.1) is 0 Å². The third kappa shape index (κ3) is 1.99. The van der Waals surface area contributed by atoms with Crippen LogP contribution in [0, 0.1) is 5.41 Å². The molecule has 0 saturated heterocycles. The molecule has 1 aliphatic rings. The summed E-state index contributed by atoms with van der Waals surface area (Å²) in [5.74, 6) is 0. The molecule has 0 spiro atoms. The fraction of sp³-hybridized carbons (Fsp3) is 0.222. The van der Waals surface area contributed by atoms with Crippen molar-refractivity contribution >= 4 is 16.3 Å². The van der Waals surface area contributed by atoms with Gasteiger partial charge in [-0.05, 0) is 33.7 Å². The van der Waals surface area contributed by atoms with E-state index < -0.39 is 0 Å². The molecule has 0 nitrogen and oxygen atoms in total. The van der Waals surface area contributed by atoms with E-state index in [1.165, 1.54) is 21.9 Å². The molecule has 0 saturated carbocycles. The molecule has 0 bridgehead atoms. The van der Waals surface area contributed by atoms with Crippen molar-refractivity contribution in [2.75, 3.05) is 0 Å². The molecule has 0 aliphatic heterocycles. The van der Waals surface area contributed by atoms with Crippen molar-refractivity contribution in [3.05, 3.63) is 66.3 Å². The first-order valence-corrected chi connectivity index (χ1v) is 6.53. The van der Waals surface area contributed by atoms with Crippen LogP contribution in [0.15, 0.2) is 60.7 Å². The molecule has 0 N–H and O–H groups in total. The summed E-state index contributed by atoms with van der Waals surface area (Å²) in [4.78, 5) is 0. The van der Waals surface area contributed by atoms with Crippen LogP contribution < -0.4 is 0 Å². The molecule has 3 rings (SSSR count). The van der Waals surface area contributed by atoms with Crippen LogP contribution in [0.4, 0.5) is 0 Å². The van der Waals surface area contributed by atoms with Crippen molar-refractivity contribution < 1.29 is 0 Å². The Morgan fingerprint density at radius 3 is 2.50 bits per heavy atom. The predicted molar refractivity (Wildman–Crippen MR) is 79.5 cm³/mol. The van der Waals surface area contributed by atoms with Gasteiger partial charge in [-0.3, -0.25) is 0 Å². The Morgan fingerprint density at radius 1 is 0.944 bits per heavy atom. The Balaban J connectivity index is 2.12. The molecule has 0 atom stereocenters. The largest absolute Gasteiger partial charge is 0.0779 e. The quantitative estimate of drug-likeness (QED) is 0.635. The molecule has 2 aromatic rings. The first-order chi connectivity index (χ1) is 8.66. The van der Waals surface area contributed by atoms with E-state index in [2.05, 4.69) is 74.5 Å². The van der Waals surface area contributed by atoms with Crippen LogP contribution in [0.2, 0.25) is 0 Å². The van der Waals surface area contributed by atoms with E-state index in [4.69, 9.17) is 0 Å². The minimum absolute atomic E-state index is 0.300. The van der Waals surface area contributed by atoms with Crippen molar-refractivity contribution in [1.82, 2.24) is 0 Å². The lowest BCUT2D eigenvalue weighted by molar-refractivity contribution is 0.486. The highest BCUT2D eigenvalue weighted by atomic mass is 14.2. The van der Waals surface area contributed by atoms with E-state index in [-0.39, 0.29) is 0 Å². The van der Waals surface area contributed by atoms with Crippen LogP contribution in [-0.4, -0.2) is 0 Å². The number of fused-ring (bicyclic) bond motifs is 1. The molecule has 90 valence electrons. The zero-order valence-electron chi connectivity index (χ0n) is 11.0. The van der Waals surface area contributed by atoms with E-state index in [9.17, 15) is 0 Å². The summed E-state index contributed by atoms with van der Waals surface area (Å²) >= 11 is 0. The van der Waals surface area contributed by atoms with E-state index in [1.54, 1.807) is 0 Å². The van der Waals surface area contributed by atoms with Gasteiger partial charge in [-0.2, -0.15) is 0 Å². The number of allylic oxidation sites excluding steroid dienone is 4. The molecule has 0 fully saturated rings. The maximum atomic E-state index is 2.36. The summed E-state index contributed by atoms with van der Waals surface area (Å²) in [5, 5.41) is 2.66. The fourth-order valence-electron chi connectivity index (χ4n) is 2.50. The highest BCUT2D eigenvalue weighted by Crippen LogP contribution is 2.34. The number of hydrogen-bond acceptors (Lipinski definition) is 0. The van der Waals surface area contributed by atoms with Gasteiger partial charge in [0.2, 0.25) is 0 Å². The zero-order chi connectivity index (χ0) is 12.6. The molecular formula is C18H18. The van der Waals surface area contributed by atoms with Gasteiger partial charge in [-0.1, -0.05) is 74.5 Å². The predicted octanol–water partition coefficient (Wildman–Crippen LogP) is 5.21. The first kappa shape index (κ1) is 11.3. The summed E-state index contributed by atoms with van der Waals surface area (Å²) in [7, 11) is 0. The van der Waals surface area contributed by atoms with E-state index in [1.807, 2.05) is 0 Å². The van der Waals surface area contributed by atoms with Crippen molar-refractivity contribution in [3.63, 3.8) is 0 Å². The summed E-state index contributed by atoms with van der Waals surface area (Å²) in [6.07, 6.45) is 8.07. The van der Waals surface area contributed by atoms with Gasteiger partial charge >= 0.3 is 0 Å². The summed E-state index contributed by atoms with van der Waals surface area (Å²) in [6, 6.07) is 15.1. The van der Waals surface area contributed by atoms with Gasteiger partial charge in [-0.15, -0.1) is 0 Å². The minimum atomic E-state index is 0.300. The Kier molecular flexibility index (Phi) is 2.59. The van der Waals surface area contributed by atoms with Crippen molar-refractivity contribution in [2.45, 2.75) is 20.3 Å². The molecule has 1 aliphatic carbocycles. The first-order valence-electron chi connectivity index (χ1n) is 6.53. The molecule has 2 aromatic carbocycles. The van der Waals surface area contributed by atoms with Crippen LogP contribution in [0.25, 0.3) is 16.3 Å². The Labute approximate surface area is 109 Å². The van der Waals surface area contributed by atoms with Gasteiger partial charge in [-0.25, -0.2) is 0 Å². The van der Waals surface area contributed by atoms with Gasteiger partial charge in [0, 0.05) is 0 Å². The van der Waals surface area contributed by atoms with E-state index in [0.717, 1.165) is 6.42 Å². The molecular weight excluding hydrogens is 216 g/mol. The molecule has 0 aromatic heterocycles. The lowest BCUT2D eigenvalue weighted by Crippen LogP contribution is -2.08. The second kappa shape index (κ2) is 4.13. The standard InChI is InChI=1S/C18H18/c1-18(2)12-10-15(11-13-18)17-9-5-7-14-6-3-4-8-16(14)17/h3-12H,13H2,1-2H3. The third-order valence-corrected chi connectivity index (χ3v) is 3.66. The Bertz CT molecular complexity index is 637. The average Bonchev–Trinajstić information content (AvgIpc) is 2.38. The van der Waals surface area contributed by atoms with Crippen molar-refractivity contribution in [2.24, 2.45) is 5.41 Å². The normalized spacial score (nSPS) is 17.8. The molecule has 0 heterocycles. The Morgan fingerprint density at radius 2 is 1.72 bits per heavy atom. The summed E-state index contributed by atoms with van der Waals surface area (Å²) in [6.45, 7) is 4.56. The van der Waals surface area contributed by atoms with Crippen molar-refractivity contribution in [3.8, 4) is 0 Å². The second-order valence-electron chi connectivity index (χ2n) is 5.71. The smallest absolute Gasteiger partial charge is 0.0106 e. The Hall–Kier alpha value is -1.82. The van der Waals surface area contributed by atoms with Gasteiger partial charge in [0.25, 0.3) is 0 Å². The van der Waals surface area contributed by atoms with E-state index >= 15 is 0 Å².